The Morgan fingerprint density at radius 2 is 1.95 bits per heavy atom. The molecule has 5 nitrogen and oxygen atoms in total. The lowest BCUT2D eigenvalue weighted by Crippen LogP contribution is -2.15. The van der Waals surface area contributed by atoms with Crippen molar-refractivity contribution in [2.75, 3.05) is 20.3 Å². The quantitative estimate of drug-likeness (QED) is 0.783. The SMILES string of the molecule is COc1ccc(C(=O)O)cc1OCCCOC(F)(F)F. The van der Waals surface area contributed by atoms with Gasteiger partial charge in [-0.1, -0.05) is 0 Å². The summed E-state index contributed by atoms with van der Waals surface area (Å²) in [4.78, 5) is 10.8. The smallest absolute Gasteiger partial charge is 0.493 e. The van der Waals surface area contributed by atoms with Crippen molar-refractivity contribution in [3.8, 4) is 11.5 Å². The van der Waals surface area contributed by atoms with Crippen molar-refractivity contribution in [2.24, 2.45) is 0 Å². The second-order valence-electron chi connectivity index (χ2n) is 3.67. The van der Waals surface area contributed by atoms with Gasteiger partial charge in [-0.2, -0.15) is 0 Å². The van der Waals surface area contributed by atoms with Crippen molar-refractivity contribution < 1.29 is 37.3 Å². The van der Waals surface area contributed by atoms with Crippen LogP contribution in [0.5, 0.6) is 11.5 Å². The number of carbonyl (C=O) groups is 1. The van der Waals surface area contributed by atoms with Crippen molar-refractivity contribution in [2.45, 2.75) is 12.8 Å². The zero-order chi connectivity index (χ0) is 15.2. The van der Waals surface area contributed by atoms with Crippen LogP contribution in [0, 0.1) is 0 Å². The molecule has 1 aromatic carbocycles. The van der Waals surface area contributed by atoms with Crippen molar-refractivity contribution in [1.82, 2.24) is 0 Å². The predicted molar refractivity (Wildman–Crippen MR) is 62.1 cm³/mol. The molecule has 1 aromatic rings. The molecule has 0 saturated carbocycles. The van der Waals surface area contributed by atoms with Crippen molar-refractivity contribution >= 4 is 5.97 Å². The number of benzene rings is 1. The fourth-order valence-electron chi connectivity index (χ4n) is 1.35. The fraction of sp³-hybridized carbons (Fsp3) is 0.417. The van der Waals surface area contributed by atoms with E-state index >= 15 is 0 Å². The topological polar surface area (TPSA) is 65.0 Å². The van der Waals surface area contributed by atoms with Gasteiger partial charge in [0.25, 0.3) is 0 Å². The van der Waals surface area contributed by atoms with E-state index < -0.39 is 18.9 Å². The lowest BCUT2D eigenvalue weighted by molar-refractivity contribution is -0.324. The van der Waals surface area contributed by atoms with Crippen LogP contribution in [0.1, 0.15) is 16.8 Å². The van der Waals surface area contributed by atoms with Gasteiger partial charge in [0, 0.05) is 6.42 Å². The summed E-state index contributed by atoms with van der Waals surface area (Å²) in [7, 11) is 1.37. The Labute approximate surface area is 112 Å². The molecule has 0 bridgehead atoms. The number of aromatic carboxylic acids is 1. The summed E-state index contributed by atoms with van der Waals surface area (Å²) >= 11 is 0. The van der Waals surface area contributed by atoms with Crippen LogP contribution in [0.4, 0.5) is 13.2 Å². The molecule has 1 N–H and O–H groups in total. The van der Waals surface area contributed by atoms with E-state index in [1.54, 1.807) is 0 Å². The second-order valence-corrected chi connectivity index (χ2v) is 3.67. The Morgan fingerprint density at radius 1 is 1.25 bits per heavy atom. The molecule has 0 amide bonds. The molecule has 0 aromatic heterocycles. The summed E-state index contributed by atoms with van der Waals surface area (Å²) in [6, 6.07) is 3.98. The monoisotopic (exact) mass is 294 g/mol. The predicted octanol–water partition coefficient (Wildman–Crippen LogP) is 2.70. The summed E-state index contributed by atoms with van der Waals surface area (Å²) in [5, 5.41) is 8.83. The summed E-state index contributed by atoms with van der Waals surface area (Å²) < 4.78 is 48.9. The van der Waals surface area contributed by atoms with Crippen LogP contribution in [-0.2, 0) is 4.74 Å². The Hall–Kier alpha value is -1.96. The van der Waals surface area contributed by atoms with E-state index in [-0.39, 0.29) is 24.3 Å². The number of halogens is 3. The first-order chi connectivity index (χ1) is 9.33. The molecular formula is C12H13F3O5. The summed E-state index contributed by atoms with van der Waals surface area (Å²) in [6.45, 7) is -0.597. The van der Waals surface area contributed by atoms with E-state index in [2.05, 4.69) is 4.74 Å². The highest BCUT2D eigenvalue weighted by Crippen LogP contribution is 2.28. The average molecular weight is 294 g/mol. The van der Waals surface area contributed by atoms with E-state index in [1.807, 2.05) is 0 Å². The molecule has 0 heterocycles. The van der Waals surface area contributed by atoms with E-state index in [9.17, 15) is 18.0 Å². The number of carboxylic acid groups (broad SMARTS) is 1. The highest BCUT2D eigenvalue weighted by atomic mass is 19.4. The molecule has 1 rings (SSSR count). The molecule has 0 fully saturated rings. The lowest BCUT2D eigenvalue weighted by atomic mass is 10.2. The fourth-order valence-corrected chi connectivity index (χ4v) is 1.35. The molecule has 0 saturated heterocycles. The minimum Gasteiger partial charge on any atom is -0.493 e. The highest BCUT2D eigenvalue weighted by molar-refractivity contribution is 5.88. The van der Waals surface area contributed by atoms with Crippen LogP contribution in [-0.4, -0.2) is 37.8 Å². The molecule has 0 aliphatic heterocycles. The van der Waals surface area contributed by atoms with E-state index in [4.69, 9.17) is 14.6 Å². The Kier molecular flexibility index (Phi) is 5.63. The number of rotatable bonds is 7. The summed E-state index contributed by atoms with van der Waals surface area (Å²) in [5.41, 5.74) is -0.00709. The molecular weight excluding hydrogens is 281 g/mol. The van der Waals surface area contributed by atoms with Crippen LogP contribution >= 0.6 is 0 Å². The number of ether oxygens (including phenoxy) is 3. The van der Waals surface area contributed by atoms with Gasteiger partial charge >= 0.3 is 12.3 Å². The third-order valence-corrected chi connectivity index (χ3v) is 2.22. The van der Waals surface area contributed by atoms with Crippen LogP contribution in [0.2, 0.25) is 0 Å². The van der Waals surface area contributed by atoms with Gasteiger partial charge in [-0.15, -0.1) is 13.2 Å². The Morgan fingerprint density at radius 3 is 2.50 bits per heavy atom. The molecule has 0 radical (unpaired) electrons. The van der Waals surface area contributed by atoms with Crippen LogP contribution < -0.4 is 9.47 Å². The third-order valence-electron chi connectivity index (χ3n) is 2.22. The standard InChI is InChI=1S/C12H13F3O5/c1-18-9-4-3-8(11(16)17)7-10(9)19-5-2-6-20-12(13,14)15/h3-4,7H,2,5-6H2,1H3,(H,16,17). The van der Waals surface area contributed by atoms with Crippen molar-refractivity contribution in [3.63, 3.8) is 0 Å². The molecule has 0 aliphatic carbocycles. The van der Waals surface area contributed by atoms with Crippen LogP contribution in [0.25, 0.3) is 0 Å². The Bertz CT molecular complexity index is 459. The summed E-state index contributed by atoms with van der Waals surface area (Å²) in [6.07, 6.45) is -4.67. The van der Waals surface area contributed by atoms with Gasteiger partial charge in [-0.05, 0) is 18.2 Å². The second kappa shape index (κ2) is 6.99. The number of alkyl halides is 3. The maximum atomic E-state index is 11.7. The largest absolute Gasteiger partial charge is 0.522 e. The van der Waals surface area contributed by atoms with Crippen LogP contribution in [0.15, 0.2) is 18.2 Å². The van der Waals surface area contributed by atoms with Gasteiger partial charge in [-0.25, -0.2) is 4.79 Å². The first kappa shape index (κ1) is 16.1. The van der Waals surface area contributed by atoms with Crippen LogP contribution in [0.3, 0.4) is 0 Å². The van der Waals surface area contributed by atoms with E-state index in [1.165, 1.54) is 25.3 Å². The highest BCUT2D eigenvalue weighted by Gasteiger charge is 2.28. The van der Waals surface area contributed by atoms with Crippen molar-refractivity contribution in [1.29, 1.82) is 0 Å². The first-order valence-corrected chi connectivity index (χ1v) is 5.58. The normalized spacial score (nSPS) is 11.2. The van der Waals surface area contributed by atoms with E-state index in [0.717, 1.165) is 0 Å². The lowest BCUT2D eigenvalue weighted by Gasteiger charge is -2.12. The molecule has 0 spiro atoms. The van der Waals surface area contributed by atoms with E-state index in [0.29, 0.717) is 5.75 Å². The zero-order valence-electron chi connectivity index (χ0n) is 10.6. The Balaban J connectivity index is 2.53. The molecule has 112 valence electrons. The number of carboxylic acids is 1. The number of hydrogen-bond donors (Lipinski definition) is 1. The molecule has 0 aliphatic rings. The number of hydrogen-bond acceptors (Lipinski definition) is 4. The van der Waals surface area contributed by atoms with Gasteiger partial charge in [0.05, 0.1) is 25.9 Å². The molecule has 0 unspecified atom stereocenters. The third kappa shape index (κ3) is 5.35. The summed E-state index contributed by atoms with van der Waals surface area (Å²) in [5.74, 6) is -0.691. The first-order valence-electron chi connectivity index (χ1n) is 5.58. The zero-order valence-corrected chi connectivity index (χ0v) is 10.6. The van der Waals surface area contributed by atoms with Gasteiger partial charge in [-0.3, -0.25) is 4.74 Å². The maximum Gasteiger partial charge on any atom is 0.522 e. The number of methoxy groups -OCH3 is 1. The van der Waals surface area contributed by atoms with Crippen molar-refractivity contribution in [3.05, 3.63) is 23.8 Å². The van der Waals surface area contributed by atoms with Gasteiger partial charge < -0.3 is 14.6 Å². The van der Waals surface area contributed by atoms with Gasteiger partial charge in [0.2, 0.25) is 0 Å². The molecule has 8 heteroatoms. The minimum absolute atomic E-state index is 0.0000364. The minimum atomic E-state index is -4.67. The average Bonchev–Trinajstić information content (AvgIpc) is 2.36. The maximum absolute atomic E-state index is 11.7. The molecule has 0 atom stereocenters. The van der Waals surface area contributed by atoms with Gasteiger partial charge in [0.15, 0.2) is 11.5 Å². The van der Waals surface area contributed by atoms with Gasteiger partial charge in [0.1, 0.15) is 0 Å². The molecule has 20 heavy (non-hydrogen) atoms.